The number of hydrogen-bond donors (Lipinski definition) is 1. The quantitative estimate of drug-likeness (QED) is 0.366. The normalized spacial score (nSPS) is 8.00. The predicted molar refractivity (Wildman–Crippen MR) is 32.1 cm³/mol. The van der Waals surface area contributed by atoms with Crippen molar-refractivity contribution in [3.63, 3.8) is 0 Å². The molecule has 0 rings (SSSR count). The van der Waals surface area contributed by atoms with Gasteiger partial charge in [-0.1, -0.05) is 0 Å². The summed E-state index contributed by atoms with van der Waals surface area (Å²) in [5.74, 6) is -2.29. The van der Waals surface area contributed by atoms with Gasteiger partial charge >= 0.3 is 103 Å². The second-order valence-electron chi connectivity index (χ2n) is 1.99. The number of aliphatic carboxylic acids is 2. The molecule has 0 aliphatic heterocycles. The van der Waals surface area contributed by atoms with Gasteiger partial charge in [-0.15, -0.1) is 0 Å². The average Bonchev–Trinajstić information content (AvgIpc) is 1.85. The van der Waals surface area contributed by atoms with Crippen molar-refractivity contribution in [1.29, 1.82) is 0 Å². The Morgan fingerprint density at radius 3 is 1.46 bits per heavy atom. The SMILES string of the molecule is O=C([O-])CCNCCC(=O)[O-].[K+].[K+]. The molecule has 0 unspecified atom stereocenters. The topological polar surface area (TPSA) is 92.3 Å². The van der Waals surface area contributed by atoms with Crippen molar-refractivity contribution in [1.82, 2.24) is 5.32 Å². The zero-order valence-electron chi connectivity index (χ0n) is 7.96. The minimum atomic E-state index is -1.15. The first-order valence-electron chi connectivity index (χ1n) is 3.23. The van der Waals surface area contributed by atoms with E-state index in [0.29, 0.717) is 0 Å². The maximum absolute atomic E-state index is 9.82. The van der Waals surface area contributed by atoms with Crippen LogP contribution in [0.4, 0.5) is 0 Å². The van der Waals surface area contributed by atoms with Gasteiger partial charge in [0.05, 0.1) is 0 Å². The van der Waals surface area contributed by atoms with Gasteiger partial charge in [-0.3, -0.25) is 0 Å². The van der Waals surface area contributed by atoms with Crippen LogP contribution in [-0.4, -0.2) is 25.0 Å². The Morgan fingerprint density at radius 2 is 1.23 bits per heavy atom. The van der Waals surface area contributed by atoms with Crippen molar-refractivity contribution >= 4 is 11.9 Å². The van der Waals surface area contributed by atoms with Crippen LogP contribution >= 0.6 is 0 Å². The summed E-state index contributed by atoms with van der Waals surface area (Å²) >= 11 is 0. The van der Waals surface area contributed by atoms with Gasteiger partial charge < -0.3 is 25.1 Å². The molecule has 7 heteroatoms. The van der Waals surface area contributed by atoms with Crippen LogP contribution in [0.1, 0.15) is 12.8 Å². The molecule has 0 aromatic rings. The van der Waals surface area contributed by atoms with E-state index in [0.717, 1.165) is 0 Å². The summed E-state index contributed by atoms with van der Waals surface area (Å²) < 4.78 is 0. The van der Waals surface area contributed by atoms with Crippen molar-refractivity contribution in [3.05, 3.63) is 0 Å². The van der Waals surface area contributed by atoms with E-state index in [1.807, 2.05) is 0 Å². The van der Waals surface area contributed by atoms with Crippen LogP contribution in [0.25, 0.3) is 0 Å². The molecule has 0 saturated carbocycles. The number of carbonyl (C=O) groups excluding carboxylic acids is 2. The zero-order chi connectivity index (χ0) is 8.69. The summed E-state index contributed by atoms with van der Waals surface area (Å²) in [6.45, 7) is 0.464. The molecule has 0 aromatic heterocycles. The van der Waals surface area contributed by atoms with Gasteiger partial charge in [-0.05, 0) is 12.8 Å². The summed E-state index contributed by atoms with van der Waals surface area (Å²) in [7, 11) is 0. The molecular weight excluding hydrogens is 228 g/mol. The molecular formula is C6H9K2NO4. The zero-order valence-corrected chi connectivity index (χ0v) is 14.2. The molecule has 0 aliphatic rings. The summed E-state index contributed by atoms with van der Waals surface area (Å²) in [5.41, 5.74) is 0. The van der Waals surface area contributed by atoms with E-state index in [4.69, 9.17) is 0 Å². The average molecular weight is 237 g/mol. The molecule has 0 amide bonds. The van der Waals surface area contributed by atoms with Crippen molar-refractivity contribution in [3.8, 4) is 0 Å². The maximum atomic E-state index is 9.82. The minimum absolute atomic E-state index is 0. The number of rotatable bonds is 6. The van der Waals surface area contributed by atoms with Crippen molar-refractivity contribution < 1.29 is 123 Å². The second-order valence-corrected chi connectivity index (χ2v) is 1.99. The first-order valence-corrected chi connectivity index (χ1v) is 3.23. The van der Waals surface area contributed by atoms with Gasteiger partial charge in [-0.25, -0.2) is 0 Å². The summed E-state index contributed by atoms with van der Waals surface area (Å²) in [6.07, 6.45) is -0.208. The van der Waals surface area contributed by atoms with E-state index in [-0.39, 0.29) is 129 Å². The number of hydrogen-bond acceptors (Lipinski definition) is 5. The van der Waals surface area contributed by atoms with Crippen LogP contribution in [0.3, 0.4) is 0 Å². The Balaban J connectivity index is -0.000000500. The van der Waals surface area contributed by atoms with Gasteiger partial charge in [0.2, 0.25) is 0 Å². The number of carbonyl (C=O) groups is 2. The van der Waals surface area contributed by atoms with E-state index in [2.05, 4.69) is 5.32 Å². The largest absolute Gasteiger partial charge is 1.00 e. The third-order valence-corrected chi connectivity index (χ3v) is 1.01. The molecule has 13 heavy (non-hydrogen) atoms. The summed E-state index contributed by atoms with van der Waals surface area (Å²) in [5, 5.41) is 22.2. The fourth-order valence-corrected chi connectivity index (χ4v) is 0.506. The van der Waals surface area contributed by atoms with Gasteiger partial charge in [0.15, 0.2) is 0 Å². The van der Waals surface area contributed by atoms with E-state index < -0.39 is 11.9 Å². The molecule has 0 aromatic carbocycles. The summed E-state index contributed by atoms with van der Waals surface area (Å²) in [6, 6.07) is 0. The fourth-order valence-electron chi connectivity index (χ4n) is 0.506. The third kappa shape index (κ3) is 20.3. The monoisotopic (exact) mass is 237 g/mol. The molecule has 0 spiro atoms. The van der Waals surface area contributed by atoms with Crippen LogP contribution in [0.5, 0.6) is 0 Å². The predicted octanol–water partition coefficient (Wildman–Crippen LogP) is -9.14. The van der Waals surface area contributed by atoms with Gasteiger partial charge in [-0.2, -0.15) is 0 Å². The molecule has 64 valence electrons. The molecule has 0 fully saturated rings. The van der Waals surface area contributed by atoms with Crippen LogP contribution in [0.2, 0.25) is 0 Å². The standard InChI is InChI=1S/C6H11NO4.2K/c8-5(9)1-3-7-4-2-6(10)11;;/h7H,1-4H2,(H,8,9)(H,10,11);;/q;2*+1/p-2. The molecule has 0 saturated heterocycles. The smallest absolute Gasteiger partial charge is 0.550 e. The fraction of sp³-hybridized carbons (Fsp3) is 0.667. The minimum Gasteiger partial charge on any atom is -0.550 e. The Hall–Kier alpha value is 2.17. The van der Waals surface area contributed by atoms with E-state index in [9.17, 15) is 19.8 Å². The molecule has 0 aliphatic carbocycles. The Labute approximate surface area is 162 Å². The van der Waals surface area contributed by atoms with Crippen molar-refractivity contribution in [2.24, 2.45) is 0 Å². The van der Waals surface area contributed by atoms with Gasteiger partial charge in [0.25, 0.3) is 0 Å². The summed E-state index contributed by atoms with van der Waals surface area (Å²) in [4.78, 5) is 19.6. The molecule has 5 nitrogen and oxygen atoms in total. The molecule has 0 atom stereocenters. The molecule has 0 heterocycles. The van der Waals surface area contributed by atoms with Crippen LogP contribution in [0.15, 0.2) is 0 Å². The van der Waals surface area contributed by atoms with Gasteiger partial charge in [0, 0.05) is 25.0 Å². The van der Waals surface area contributed by atoms with Crippen LogP contribution in [0, 0.1) is 0 Å². The molecule has 0 radical (unpaired) electrons. The van der Waals surface area contributed by atoms with E-state index >= 15 is 0 Å². The van der Waals surface area contributed by atoms with Crippen LogP contribution in [-0.2, 0) is 9.59 Å². The Kier molecular flexibility index (Phi) is 22.4. The number of carboxylic acids is 2. The first-order chi connectivity index (χ1) is 5.13. The maximum Gasteiger partial charge on any atom is 1.00 e. The molecule has 0 bridgehead atoms. The first kappa shape index (κ1) is 20.6. The number of carboxylic acid groups (broad SMARTS) is 2. The van der Waals surface area contributed by atoms with Gasteiger partial charge in [0.1, 0.15) is 0 Å². The Bertz CT molecular complexity index is 138. The number of nitrogens with one attached hydrogen (secondary N) is 1. The second kappa shape index (κ2) is 14.2. The van der Waals surface area contributed by atoms with E-state index in [1.165, 1.54) is 0 Å². The van der Waals surface area contributed by atoms with E-state index in [1.54, 1.807) is 0 Å². The van der Waals surface area contributed by atoms with Crippen molar-refractivity contribution in [2.75, 3.05) is 13.1 Å². The van der Waals surface area contributed by atoms with Crippen molar-refractivity contribution in [2.45, 2.75) is 12.8 Å². The molecule has 1 N–H and O–H groups in total. The third-order valence-electron chi connectivity index (χ3n) is 1.01. The van der Waals surface area contributed by atoms with Crippen LogP contribution < -0.4 is 118 Å². The Morgan fingerprint density at radius 1 is 0.923 bits per heavy atom.